The molecule has 2 N–H and O–H groups in total. The molecule has 4 rings (SSSR count). The number of aromatic nitrogens is 2. The Morgan fingerprint density at radius 2 is 1.43 bits per heavy atom. The van der Waals surface area contributed by atoms with E-state index in [1.54, 1.807) is 24.3 Å². The maximum absolute atomic E-state index is 12.8. The zero-order chi connectivity index (χ0) is 21.1. The molecule has 0 amide bonds. The van der Waals surface area contributed by atoms with Gasteiger partial charge in [0.15, 0.2) is 0 Å². The number of anilines is 1. The summed E-state index contributed by atoms with van der Waals surface area (Å²) in [6.45, 7) is 0. The number of benzene rings is 3. The number of nitrogens with two attached hydrogens (primary N) is 1. The second-order valence-electron chi connectivity index (χ2n) is 6.42. The Bertz CT molecular complexity index is 1250. The first-order chi connectivity index (χ1) is 14.5. The van der Waals surface area contributed by atoms with Crippen molar-refractivity contribution in [3.05, 3.63) is 84.9 Å². The Labute approximate surface area is 174 Å². The molecule has 4 aromatic rings. The molecule has 0 saturated heterocycles. The summed E-state index contributed by atoms with van der Waals surface area (Å²) in [7, 11) is -2.46. The van der Waals surface area contributed by atoms with Crippen molar-refractivity contribution in [2.24, 2.45) is 0 Å². The number of nitrogens with zero attached hydrogens (tertiary/aromatic N) is 2. The van der Waals surface area contributed by atoms with E-state index in [4.69, 9.17) is 15.2 Å². The lowest BCUT2D eigenvalue weighted by molar-refractivity contribution is 0.414. The van der Waals surface area contributed by atoms with E-state index in [0.29, 0.717) is 11.5 Å². The molecule has 0 fully saturated rings. The van der Waals surface area contributed by atoms with Crippen molar-refractivity contribution in [3.63, 3.8) is 0 Å². The standard InChI is InChI=1S/C22H19N3O4S/c1-28-18-11-13-20(14-12-18)30(26,27)25-21(23)15-22(24-25)29-19-9-7-17(8-10-19)16-5-3-2-4-6-16/h2-15H,23H2,1H3. The molecular formula is C22H19N3O4S. The molecule has 0 bridgehead atoms. The smallest absolute Gasteiger partial charge is 0.284 e. The molecule has 0 aliphatic heterocycles. The Morgan fingerprint density at radius 3 is 2.07 bits per heavy atom. The molecule has 0 saturated carbocycles. The fraction of sp³-hybridized carbons (Fsp3) is 0.0455. The summed E-state index contributed by atoms with van der Waals surface area (Å²) in [5, 5.41) is 4.03. The first-order valence-electron chi connectivity index (χ1n) is 9.06. The minimum atomic E-state index is -3.96. The molecule has 1 aromatic heterocycles. The maximum Gasteiger partial charge on any atom is 0.284 e. The van der Waals surface area contributed by atoms with E-state index >= 15 is 0 Å². The fourth-order valence-electron chi connectivity index (χ4n) is 2.91. The van der Waals surface area contributed by atoms with E-state index in [-0.39, 0.29) is 16.6 Å². The molecule has 0 aliphatic rings. The van der Waals surface area contributed by atoms with Crippen LogP contribution in [0.3, 0.4) is 0 Å². The van der Waals surface area contributed by atoms with Crippen LogP contribution in [0.5, 0.6) is 17.4 Å². The topological polar surface area (TPSA) is 96.4 Å². The van der Waals surface area contributed by atoms with Gasteiger partial charge in [-0.1, -0.05) is 42.5 Å². The summed E-state index contributed by atoms with van der Waals surface area (Å²) in [4.78, 5) is 0.0388. The molecule has 7 nitrogen and oxygen atoms in total. The molecule has 1 heterocycles. The minimum absolute atomic E-state index is 0.0388. The van der Waals surface area contributed by atoms with Gasteiger partial charge in [-0.05, 0) is 47.5 Å². The Balaban J connectivity index is 1.56. The average Bonchev–Trinajstić information content (AvgIpc) is 3.15. The van der Waals surface area contributed by atoms with Crippen LogP contribution in [0.1, 0.15) is 0 Å². The van der Waals surface area contributed by atoms with Gasteiger partial charge in [-0.3, -0.25) is 0 Å². The van der Waals surface area contributed by atoms with Crippen LogP contribution >= 0.6 is 0 Å². The second-order valence-corrected chi connectivity index (χ2v) is 8.19. The SMILES string of the molecule is COc1ccc(S(=O)(=O)n2nc(Oc3ccc(-c4ccccc4)cc3)cc2N)cc1. The normalized spacial score (nSPS) is 11.2. The monoisotopic (exact) mass is 421 g/mol. The molecule has 152 valence electrons. The van der Waals surface area contributed by atoms with E-state index in [1.807, 2.05) is 42.5 Å². The fourth-order valence-corrected chi connectivity index (χ4v) is 4.11. The van der Waals surface area contributed by atoms with Gasteiger partial charge in [-0.25, -0.2) is 0 Å². The van der Waals surface area contributed by atoms with Gasteiger partial charge >= 0.3 is 0 Å². The van der Waals surface area contributed by atoms with Crippen LogP contribution in [-0.4, -0.2) is 24.7 Å². The van der Waals surface area contributed by atoms with Crippen molar-refractivity contribution >= 4 is 15.8 Å². The third-order valence-corrected chi connectivity index (χ3v) is 6.07. The van der Waals surface area contributed by atoms with Crippen LogP contribution in [0.15, 0.2) is 89.8 Å². The maximum atomic E-state index is 12.8. The lowest BCUT2D eigenvalue weighted by Crippen LogP contribution is -2.16. The average molecular weight is 421 g/mol. The third kappa shape index (κ3) is 3.85. The van der Waals surface area contributed by atoms with Gasteiger partial charge in [-0.2, -0.15) is 8.42 Å². The molecule has 0 aliphatic carbocycles. The van der Waals surface area contributed by atoms with Crippen LogP contribution in [0.4, 0.5) is 5.82 Å². The minimum Gasteiger partial charge on any atom is -0.497 e. The predicted octanol–water partition coefficient (Wildman–Crippen LogP) is 4.17. The van der Waals surface area contributed by atoms with Crippen LogP contribution in [-0.2, 0) is 10.0 Å². The molecule has 30 heavy (non-hydrogen) atoms. The summed E-state index contributed by atoms with van der Waals surface area (Å²) in [5.41, 5.74) is 8.01. The van der Waals surface area contributed by atoms with Gasteiger partial charge < -0.3 is 15.2 Å². The van der Waals surface area contributed by atoms with Crippen molar-refractivity contribution in [2.75, 3.05) is 12.8 Å². The lowest BCUT2D eigenvalue weighted by atomic mass is 10.1. The molecule has 0 unspecified atom stereocenters. The summed E-state index contributed by atoms with van der Waals surface area (Å²) >= 11 is 0. The van der Waals surface area contributed by atoms with Crippen LogP contribution in [0, 0.1) is 0 Å². The molecule has 0 radical (unpaired) electrons. The largest absolute Gasteiger partial charge is 0.497 e. The van der Waals surface area contributed by atoms with Crippen molar-refractivity contribution < 1.29 is 17.9 Å². The van der Waals surface area contributed by atoms with Crippen molar-refractivity contribution in [3.8, 4) is 28.5 Å². The third-order valence-electron chi connectivity index (χ3n) is 4.45. The summed E-state index contributed by atoms with van der Waals surface area (Å²) < 4.78 is 37.2. The number of ether oxygens (including phenoxy) is 2. The van der Waals surface area contributed by atoms with E-state index in [1.165, 1.54) is 25.3 Å². The zero-order valence-electron chi connectivity index (χ0n) is 16.1. The number of methoxy groups -OCH3 is 1. The summed E-state index contributed by atoms with van der Waals surface area (Å²) in [5.74, 6) is 1.09. The molecule has 0 spiro atoms. The first kappa shape index (κ1) is 19.5. The number of nitrogen functional groups attached to an aromatic ring is 1. The first-order valence-corrected chi connectivity index (χ1v) is 10.5. The Kier molecular flexibility index (Phi) is 5.16. The molecule has 8 heteroatoms. The predicted molar refractivity (Wildman–Crippen MR) is 114 cm³/mol. The van der Waals surface area contributed by atoms with E-state index in [9.17, 15) is 8.42 Å². The van der Waals surface area contributed by atoms with Crippen LogP contribution in [0.2, 0.25) is 0 Å². The highest BCUT2D eigenvalue weighted by atomic mass is 32.2. The summed E-state index contributed by atoms with van der Waals surface area (Å²) in [6.07, 6.45) is 0. The lowest BCUT2D eigenvalue weighted by Gasteiger charge is -2.07. The van der Waals surface area contributed by atoms with Gasteiger partial charge in [-0.15, -0.1) is 9.19 Å². The quantitative estimate of drug-likeness (QED) is 0.502. The summed E-state index contributed by atoms with van der Waals surface area (Å²) in [6, 6.07) is 24.7. The highest BCUT2D eigenvalue weighted by molar-refractivity contribution is 7.90. The number of rotatable bonds is 6. The van der Waals surface area contributed by atoms with Gasteiger partial charge in [0, 0.05) is 6.07 Å². The molecule has 3 aromatic carbocycles. The van der Waals surface area contributed by atoms with E-state index in [0.717, 1.165) is 15.2 Å². The van der Waals surface area contributed by atoms with Gasteiger partial charge in [0.05, 0.1) is 12.0 Å². The van der Waals surface area contributed by atoms with Crippen molar-refractivity contribution in [2.45, 2.75) is 4.90 Å². The highest BCUT2D eigenvalue weighted by Gasteiger charge is 2.22. The van der Waals surface area contributed by atoms with E-state index < -0.39 is 10.0 Å². The molecule has 0 atom stereocenters. The Hall–Kier alpha value is -3.78. The number of hydrogen-bond donors (Lipinski definition) is 1. The molecular weight excluding hydrogens is 402 g/mol. The van der Waals surface area contributed by atoms with Gasteiger partial charge in [0.2, 0.25) is 5.88 Å². The Morgan fingerprint density at radius 1 is 0.833 bits per heavy atom. The van der Waals surface area contributed by atoms with Gasteiger partial charge in [0.25, 0.3) is 10.0 Å². The van der Waals surface area contributed by atoms with Crippen molar-refractivity contribution in [1.29, 1.82) is 0 Å². The highest BCUT2D eigenvalue weighted by Crippen LogP contribution is 2.28. The van der Waals surface area contributed by atoms with Crippen molar-refractivity contribution in [1.82, 2.24) is 9.19 Å². The van der Waals surface area contributed by atoms with Crippen LogP contribution < -0.4 is 15.2 Å². The number of hydrogen-bond acceptors (Lipinski definition) is 6. The zero-order valence-corrected chi connectivity index (χ0v) is 16.9. The van der Waals surface area contributed by atoms with Gasteiger partial charge in [0.1, 0.15) is 17.3 Å². The van der Waals surface area contributed by atoms with Crippen LogP contribution in [0.25, 0.3) is 11.1 Å². The second kappa shape index (κ2) is 7.92. The van der Waals surface area contributed by atoms with E-state index in [2.05, 4.69) is 5.10 Å².